The number of aromatic nitrogens is 2. The highest BCUT2D eigenvalue weighted by molar-refractivity contribution is 5.46. The molecule has 0 amide bonds. The normalized spacial score (nSPS) is 10.4. The molecule has 3 nitrogen and oxygen atoms in total. The van der Waals surface area contributed by atoms with Gasteiger partial charge >= 0.3 is 0 Å². The predicted molar refractivity (Wildman–Crippen MR) is 66.5 cm³/mol. The van der Waals surface area contributed by atoms with Crippen LogP contribution in [0.1, 0.15) is 16.8 Å². The lowest BCUT2D eigenvalue weighted by atomic mass is 10.1. The van der Waals surface area contributed by atoms with E-state index >= 15 is 0 Å². The molecule has 0 aliphatic rings. The molecule has 1 N–H and O–H groups in total. The van der Waals surface area contributed by atoms with Crippen LogP contribution in [-0.2, 0) is 13.6 Å². The Balaban J connectivity index is 2.02. The fourth-order valence-corrected chi connectivity index (χ4v) is 1.68. The minimum Gasteiger partial charge on any atom is -0.378 e. The van der Waals surface area contributed by atoms with Gasteiger partial charge in [-0.05, 0) is 19.4 Å². The second-order valence-electron chi connectivity index (χ2n) is 4.14. The summed E-state index contributed by atoms with van der Waals surface area (Å²) in [6.07, 6.45) is 2.00. The monoisotopic (exact) mass is 215 g/mol. The van der Waals surface area contributed by atoms with E-state index in [1.807, 2.05) is 24.9 Å². The van der Waals surface area contributed by atoms with Crippen LogP contribution in [0.5, 0.6) is 0 Å². The summed E-state index contributed by atoms with van der Waals surface area (Å²) in [6, 6.07) is 8.56. The summed E-state index contributed by atoms with van der Waals surface area (Å²) >= 11 is 0. The van der Waals surface area contributed by atoms with E-state index in [9.17, 15) is 0 Å². The maximum absolute atomic E-state index is 4.29. The number of rotatable bonds is 3. The second kappa shape index (κ2) is 4.39. The van der Waals surface area contributed by atoms with Gasteiger partial charge in [0.05, 0.1) is 11.4 Å². The summed E-state index contributed by atoms with van der Waals surface area (Å²) in [5.74, 6) is 0. The molecule has 1 aromatic heterocycles. The molecule has 3 heteroatoms. The zero-order valence-corrected chi connectivity index (χ0v) is 9.99. The lowest BCUT2D eigenvalue weighted by Crippen LogP contribution is -1.99. The van der Waals surface area contributed by atoms with Crippen molar-refractivity contribution in [3.05, 3.63) is 47.3 Å². The Morgan fingerprint density at radius 3 is 2.44 bits per heavy atom. The first-order valence-electron chi connectivity index (χ1n) is 5.45. The quantitative estimate of drug-likeness (QED) is 0.853. The van der Waals surface area contributed by atoms with Crippen LogP contribution in [0, 0.1) is 13.8 Å². The lowest BCUT2D eigenvalue weighted by molar-refractivity contribution is 0.756. The van der Waals surface area contributed by atoms with Crippen molar-refractivity contribution in [3.8, 4) is 0 Å². The fourth-order valence-electron chi connectivity index (χ4n) is 1.68. The van der Waals surface area contributed by atoms with Gasteiger partial charge in [-0.2, -0.15) is 5.10 Å². The smallest absolute Gasteiger partial charge is 0.0825 e. The van der Waals surface area contributed by atoms with Gasteiger partial charge in [-0.25, -0.2) is 0 Å². The zero-order chi connectivity index (χ0) is 11.5. The van der Waals surface area contributed by atoms with E-state index in [0.29, 0.717) is 0 Å². The molecule has 0 saturated heterocycles. The molecule has 0 radical (unpaired) electrons. The van der Waals surface area contributed by atoms with Crippen LogP contribution in [0.4, 0.5) is 5.69 Å². The number of benzene rings is 1. The third-order valence-electron chi connectivity index (χ3n) is 2.62. The van der Waals surface area contributed by atoms with Gasteiger partial charge in [0.2, 0.25) is 0 Å². The minimum absolute atomic E-state index is 0.840. The molecule has 2 rings (SSSR count). The second-order valence-corrected chi connectivity index (χ2v) is 4.14. The Labute approximate surface area is 96.1 Å². The molecule has 0 unspecified atom stereocenters. The molecular weight excluding hydrogens is 198 g/mol. The van der Waals surface area contributed by atoms with E-state index in [2.05, 4.69) is 41.6 Å². The lowest BCUT2D eigenvalue weighted by Gasteiger charge is -2.05. The molecule has 16 heavy (non-hydrogen) atoms. The summed E-state index contributed by atoms with van der Waals surface area (Å²) < 4.78 is 1.83. The molecule has 0 saturated carbocycles. The Kier molecular flexibility index (Phi) is 2.95. The zero-order valence-electron chi connectivity index (χ0n) is 9.99. The molecule has 0 bridgehead atoms. The molecule has 0 atom stereocenters. The summed E-state index contributed by atoms with van der Waals surface area (Å²) in [7, 11) is 1.93. The van der Waals surface area contributed by atoms with Gasteiger partial charge in [-0.15, -0.1) is 0 Å². The van der Waals surface area contributed by atoms with Crippen molar-refractivity contribution in [3.63, 3.8) is 0 Å². The van der Waals surface area contributed by atoms with E-state index < -0.39 is 0 Å². The highest BCUT2D eigenvalue weighted by Gasteiger charge is 2.01. The molecule has 2 aromatic rings. The van der Waals surface area contributed by atoms with Gasteiger partial charge in [-0.1, -0.05) is 29.8 Å². The molecule has 0 spiro atoms. The first kappa shape index (κ1) is 10.7. The van der Waals surface area contributed by atoms with Gasteiger partial charge in [0, 0.05) is 19.8 Å². The first-order valence-corrected chi connectivity index (χ1v) is 5.45. The van der Waals surface area contributed by atoms with E-state index in [0.717, 1.165) is 17.9 Å². The molecule has 0 aliphatic carbocycles. The number of nitrogens with one attached hydrogen (secondary N) is 1. The minimum atomic E-state index is 0.840. The van der Waals surface area contributed by atoms with Crippen molar-refractivity contribution >= 4 is 5.69 Å². The molecule has 84 valence electrons. The summed E-state index contributed by atoms with van der Waals surface area (Å²) in [6.45, 7) is 4.95. The molecule has 1 aromatic carbocycles. The standard InChI is InChI=1S/C13H17N3/c1-10-4-6-12(7-5-10)8-14-13-9-16(3)15-11(13)2/h4-7,9,14H,8H2,1-3H3. The maximum Gasteiger partial charge on any atom is 0.0825 e. The van der Waals surface area contributed by atoms with E-state index in [-0.39, 0.29) is 0 Å². The van der Waals surface area contributed by atoms with Gasteiger partial charge < -0.3 is 5.32 Å². The Morgan fingerprint density at radius 1 is 1.19 bits per heavy atom. The predicted octanol–water partition coefficient (Wildman–Crippen LogP) is 2.65. The van der Waals surface area contributed by atoms with Crippen molar-refractivity contribution in [2.75, 3.05) is 5.32 Å². The van der Waals surface area contributed by atoms with Crippen molar-refractivity contribution < 1.29 is 0 Å². The Morgan fingerprint density at radius 2 is 1.88 bits per heavy atom. The summed E-state index contributed by atoms with van der Waals surface area (Å²) in [5, 5.41) is 7.68. The molecule has 0 aliphatic heterocycles. The Bertz CT molecular complexity index is 468. The van der Waals surface area contributed by atoms with E-state index in [4.69, 9.17) is 0 Å². The van der Waals surface area contributed by atoms with Crippen LogP contribution in [0.3, 0.4) is 0 Å². The van der Waals surface area contributed by atoms with E-state index in [1.165, 1.54) is 11.1 Å². The van der Waals surface area contributed by atoms with Crippen molar-refractivity contribution in [2.45, 2.75) is 20.4 Å². The topological polar surface area (TPSA) is 29.9 Å². The van der Waals surface area contributed by atoms with Gasteiger partial charge in [-0.3, -0.25) is 4.68 Å². The third kappa shape index (κ3) is 2.42. The fraction of sp³-hybridized carbons (Fsp3) is 0.308. The van der Waals surface area contributed by atoms with Crippen LogP contribution in [0.25, 0.3) is 0 Å². The van der Waals surface area contributed by atoms with E-state index in [1.54, 1.807) is 0 Å². The number of hydrogen-bond donors (Lipinski definition) is 1. The van der Waals surface area contributed by atoms with Crippen LogP contribution in [0.15, 0.2) is 30.5 Å². The van der Waals surface area contributed by atoms with Gasteiger partial charge in [0.1, 0.15) is 0 Å². The number of hydrogen-bond acceptors (Lipinski definition) is 2. The summed E-state index contributed by atoms with van der Waals surface area (Å²) in [5.41, 5.74) is 4.72. The van der Waals surface area contributed by atoms with Gasteiger partial charge in [0.25, 0.3) is 0 Å². The Hall–Kier alpha value is -1.77. The molecule has 1 heterocycles. The molecule has 0 fully saturated rings. The SMILES string of the molecule is Cc1ccc(CNc2cn(C)nc2C)cc1. The average Bonchev–Trinajstić information content (AvgIpc) is 2.57. The van der Waals surface area contributed by atoms with Crippen LogP contribution in [0.2, 0.25) is 0 Å². The van der Waals surface area contributed by atoms with Crippen molar-refractivity contribution in [2.24, 2.45) is 7.05 Å². The number of anilines is 1. The third-order valence-corrected chi connectivity index (χ3v) is 2.62. The maximum atomic E-state index is 4.29. The van der Waals surface area contributed by atoms with Crippen molar-refractivity contribution in [1.29, 1.82) is 0 Å². The number of nitrogens with zero attached hydrogens (tertiary/aromatic N) is 2. The first-order chi connectivity index (χ1) is 7.65. The van der Waals surface area contributed by atoms with Crippen LogP contribution in [-0.4, -0.2) is 9.78 Å². The highest BCUT2D eigenvalue weighted by atomic mass is 15.3. The summed E-state index contributed by atoms with van der Waals surface area (Å²) in [4.78, 5) is 0. The average molecular weight is 215 g/mol. The van der Waals surface area contributed by atoms with Crippen LogP contribution < -0.4 is 5.32 Å². The highest BCUT2D eigenvalue weighted by Crippen LogP contribution is 2.13. The van der Waals surface area contributed by atoms with Crippen LogP contribution >= 0.6 is 0 Å². The van der Waals surface area contributed by atoms with Gasteiger partial charge in [0.15, 0.2) is 0 Å². The van der Waals surface area contributed by atoms with Crippen molar-refractivity contribution in [1.82, 2.24) is 9.78 Å². The molecular formula is C13H17N3. The largest absolute Gasteiger partial charge is 0.378 e. The number of aryl methyl sites for hydroxylation is 3.